The maximum absolute atomic E-state index is 12.4. The van der Waals surface area contributed by atoms with Gasteiger partial charge in [-0.2, -0.15) is 0 Å². The van der Waals surface area contributed by atoms with Gasteiger partial charge < -0.3 is 9.88 Å². The summed E-state index contributed by atoms with van der Waals surface area (Å²) in [5, 5.41) is 11.7. The molecule has 0 spiro atoms. The Morgan fingerprint density at radius 1 is 1.20 bits per heavy atom. The van der Waals surface area contributed by atoms with E-state index in [4.69, 9.17) is 0 Å². The van der Waals surface area contributed by atoms with E-state index in [1.807, 2.05) is 61.9 Å². The lowest BCUT2D eigenvalue weighted by Crippen LogP contribution is -2.22. The fraction of sp³-hybridized carbons (Fsp3) is 0.222. The minimum absolute atomic E-state index is 0.0696. The van der Waals surface area contributed by atoms with Crippen LogP contribution in [0.25, 0.3) is 11.4 Å². The summed E-state index contributed by atoms with van der Waals surface area (Å²) in [7, 11) is 1.88. The van der Waals surface area contributed by atoms with E-state index < -0.39 is 0 Å². The van der Waals surface area contributed by atoms with Gasteiger partial charge in [0.2, 0.25) is 5.91 Å². The van der Waals surface area contributed by atoms with Gasteiger partial charge in [0.1, 0.15) is 0 Å². The number of hydrogen-bond acceptors (Lipinski definition) is 5. The van der Waals surface area contributed by atoms with E-state index >= 15 is 0 Å². The van der Waals surface area contributed by atoms with E-state index in [0.717, 1.165) is 22.6 Å². The topological polar surface area (TPSA) is 72.7 Å². The van der Waals surface area contributed by atoms with Gasteiger partial charge in [0.15, 0.2) is 11.0 Å². The zero-order valence-corrected chi connectivity index (χ0v) is 15.1. The molecule has 1 amide bonds. The lowest BCUT2D eigenvalue weighted by Gasteiger charge is -2.12. The van der Waals surface area contributed by atoms with E-state index in [1.165, 1.54) is 11.8 Å². The van der Waals surface area contributed by atoms with Crippen molar-refractivity contribution in [3.05, 3.63) is 54.4 Å². The number of anilines is 1. The molecule has 0 saturated carbocycles. The van der Waals surface area contributed by atoms with Crippen molar-refractivity contribution in [2.24, 2.45) is 7.05 Å². The van der Waals surface area contributed by atoms with Crippen LogP contribution in [0.1, 0.15) is 12.5 Å². The summed E-state index contributed by atoms with van der Waals surface area (Å²) in [4.78, 5) is 16.5. The molecule has 6 nitrogen and oxygen atoms in total. The lowest BCUT2D eigenvalue weighted by atomic mass is 10.2. The third-order valence-electron chi connectivity index (χ3n) is 3.73. The molecule has 128 valence electrons. The summed E-state index contributed by atoms with van der Waals surface area (Å²) in [6, 6.07) is 11.5. The van der Waals surface area contributed by atoms with Gasteiger partial charge in [-0.15, -0.1) is 10.2 Å². The second kappa shape index (κ2) is 7.48. The van der Waals surface area contributed by atoms with Gasteiger partial charge in [0.25, 0.3) is 0 Å². The van der Waals surface area contributed by atoms with Gasteiger partial charge in [0, 0.05) is 30.7 Å². The molecule has 0 radical (unpaired) electrons. The second-order valence-corrected chi connectivity index (χ2v) is 7.03. The first kappa shape index (κ1) is 17.2. The Bertz CT molecular complexity index is 861. The van der Waals surface area contributed by atoms with Crippen molar-refractivity contribution in [2.45, 2.75) is 24.3 Å². The molecule has 0 saturated heterocycles. The fourth-order valence-electron chi connectivity index (χ4n) is 2.26. The van der Waals surface area contributed by atoms with E-state index in [9.17, 15) is 4.79 Å². The van der Waals surface area contributed by atoms with Crippen LogP contribution in [-0.2, 0) is 11.8 Å². The van der Waals surface area contributed by atoms with Crippen LogP contribution in [0, 0.1) is 6.92 Å². The highest BCUT2D eigenvalue weighted by molar-refractivity contribution is 8.00. The van der Waals surface area contributed by atoms with Crippen molar-refractivity contribution < 1.29 is 4.79 Å². The highest BCUT2D eigenvalue weighted by Gasteiger charge is 2.19. The Morgan fingerprint density at radius 2 is 1.96 bits per heavy atom. The summed E-state index contributed by atoms with van der Waals surface area (Å²) in [5.74, 6) is 0.654. The Kier molecular flexibility index (Phi) is 5.14. The molecular formula is C18H19N5OS. The number of thioether (sulfide) groups is 1. The first-order valence-electron chi connectivity index (χ1n) is 7.88. The van der Waals surface area contributed by atoms with Gasteiger partial charge in [-0.1, -0.05) is 29.5 Å². The van der Waals surface area contributed by atoms with Crippen LogP contribution in [-0.4, -0.2) is 30.9 Å². The first-order valence-corrected chi connectivity index (χ1v) is 8.76. The van der Waals surface area contributed by atoms with E-state index in [-0.39, 0.29) is 11.2 Å². The standard InChI is InChI=1S/C18H19N5OS/c1-12-6-8-15(9-7-12)20-17(24)13(2)25-18-22-21-16(23(18)3)14-5-4-10-19-11-14/h4-11,13H,1-3H3,(H,20,24). The summed E-state index contributed by atoms with van der Waals surface area (Å²) < 4.78 is 1.87. The number of amides is 1. The fourth-order valence-corrected chi connectivity index (χ4v) is 3.07. The first-order chi connectivity index (χ1) is 12.0. The molecule has 0 fully saturated rings. The largest absolute Gasteiger partial charge is 0.325 e. The van der Waals surface area contributed by atoms with Crippen LogP contribution in [0.15, 0.2) is 53.9 Å². The smallest absolute Gasteiger partial charge is 0.237 e. The molecule has 1 atom stereocenters. The Hall–Kier alpha value is -2.67. The van der Waals surface area contributed by atoms with Crippen LogP contribution >= 0.6 is 11.8 Å². The van der Waals surface area contributed by atoms with Crippen molar-refractivity contribution >= 4 is 23.4 Å². The molecule has 0 aliphatic rings. The van der Waals surface area contributed by atoms with Crippen LogP contribution < -0.4 is 5.32 Å². The van der Waals surface area contributed by atoms with Gasteiger partial charge >= 0.3 is 0 Å². The Morgan fingerprint density at radius 3 is 2.64 bits per heavy atom. The Labute approximate surface area is 150 Å². The minimum Gasteiger partial charge on any atom is -0.325 e. The molecule has 0 bridgehead atoms. The molecule has 1 aromatic carbocycles. The van der Waals surface area contributed by atoms with Crippen molar-refractivity contribution in [1.29, 1.82) is 0 Å². The van der Waals surface area contributed by atoms with Crippen LogP contribution in [0.4, 0.5) is 5.69 Å². The third-order valence-corrected chi connectivity index (χ3v) is 4.86. The Balaban J connectivity index is 1.68. The SMILES string of the molecule is Cc1ccc(NC(=O)C(C)Sc2nnc(-c3cccnc3)n2C)cc1. The summed E-state index contributed by atoms with van der Waals surface area (Å²) in [5.41, 5.74) is 2.83. The predicted octanol–water partition coefficient (Wildman–Crippen LogP) is 3.30. The number of nitrogens with one attached hydrogen (secondary N) is 1. The molecule has 7 heteroatoms. The van der Waals surface area contributed by atoms with Gasteiger partial charge in [-0.3, -0.25) is 9.78 Å². The number of benzene rings is 1. The molecule has 0 aliphatic heterocycles. The third kappa shape index (κ3) is 4.06. The molecule has 0 aliphatic carbocycles. The molecule has 1 N–H and O–H groups in total. The van der Waals surface area contributed by atoms with E-state index in [2.05, 4.69) is 20.5 Å². The normalized spacial score (nSPS) is 12.0. The molecular weight excluding hydrogens is 334 g/mol. The molecule has 1 unspecified atom stereocenters. The van der Waals surface area contributed by atoms with E-state index in [0.29, 0.717) is 5.16 Å². The van der Waals surface area contributed by atoms with Gasteiger partial charge in [0.05, 0.1) is 5.25 Å². The van der Waals surface area contributed by atoms with Gasteiger partial charge in [-0.05, 0) is 38.1 Å². The van der Waals surface area contributed by atoms with Crippen LogP contribution in [0.5, 0.6) is 0 Å². The molecule has 2 heterocycles. The second-order valence-electron chi connectivity index (χ2n) is 5.72. The number of aryl methyl sites for hydroxylation is 1. The quantitative estimate of drug-likeness (QED) is 0.713. The molecule has 25 heavy (non-hydrogen) atoms. The number of aromatic nitrogens is 4. The number of pyridine rings is 1. The zero-order chi connectivity index (χ0) is 17.8. The number of rotatable bonds is 5. The van der Waals surface area contributed by atoms with Crippen molar-refractivity contribution in [1.82, 2.24) is 19.7 Å². The van der Waals surface area contributed by atoms with Crippen molar-refractivity contribution in [3.8, 4) is 11.4 Å². The number of nitrogens with zero attached hydrogens (tertiary/aromatic N) is 4. The monoisotopic (exact) mass is 353 g/mol. The van der Waals surface area contributed by atoms with Crippen LogP contribution in [0.2, 0.25) is 0 Å². The summed E-state index contributed by atoms with van der Waals surface area (Å²) in [6.07, 6.45) is 3.46. The summed E-state index contributed by atoms with van der Waals surface area (Å²) >= 11 is 1.37. The maximum Gasteiger partial charge on any atom is 0.237 e. The number of carbonyl (C=O) groups is 1. The molecule has 3 aromatic rings. The highest BCUT2D eigenvalue weighted by Crippen LogP contribution is 2.26. The number of carbonyl (C=O) groups excluding carboxylic acids is 1. The van der Waals surface area contributed by atoms with Crippen LogP contribution in [0.3, 0.4) is 0 Å². The predicted molar refractivity (Wildman–Crippen MR) is 99.4 cm³/mol. The average molecular weight is 353 g/mol. The summed E-state index contributed by atoms with van der Waals surface area (Å²) in [6.45, 7) is 3.87. The highest BCUT2D eigenvalue weighted by atomic mass is 32.2. The zero-order valence-electron chi connectivity index (χ0n) is 14.3. The van der Waals surface area contributed by atoms with Crippen molar-refractivity contribution in [2.75, 3.05) is 5.32 Å². The minimum atomic E-state index is -0.300. The average Bonchev–Trinajstić information content (AvgIpc) is 2.98. The number of hydrogen-bond donors (Lipinski definition) is 1. The van der Waals surface area contributed by atoms with Gasteiger partial charge in [-0.25, -0.2) is 0 Å². The lowest BCUT2D eigenvalue weighted by molar-refractivity contribution is -0.115. The van der Waals surface area contributed by atoms with Crippen molar-refractivity contribution in [3.63, 3.8) is 0 Å². The molecule has 3 rings (SSSR count). The maximum atomic E-state index is 12.4. The molecule has 2 aromatic heterocycles. The van der Waals surface area contributed by atoms with E-state index in [1.54, 1.807) is 12.4 Å².